The van der Waals surface area contributed by atoms with E-state index in [0.29, 0.717) is 6.54 Å². The molecule has 0 radical (unpaired) electrons. The van der Waals surface area contributed by atoms with Gasteiger partial charge in [-0.05, 0) is 24.5 Å². The molecule has 31 heavy (non-hydrogen) atoms. The highest BCUT2D eigenvalue weighted by Crippen LogP contribution is 2.37. The second-order valence-electron chi connectivity index (χ2n) is 8.30. The number of aromatic nitrogens is 4. The molecule has 0 unspecified atom stereocenters. The van der Waals surface area contributed by atoms with Gasteiger partial charge in [0.1, 0.15) is 5.54 Å². The van der Waals surface area contributed by atoms with Crippen molar-refractivity contribution in [2.45, 2.75) is 24.9 Å². The summed E-state index contributed by atoms with van der Waals surface area (Å²) in [6, 6.07) is 12.3. The molecule has 2 aliphatic rings. The Bertz CT molecular complexity index is 1030. The minimum atomic E-state index is -0.533. The summed E-state index contributed by atoms with van der Waals surface area (Å²) in [5.74, 6) is 0.913. The molecule has 1 amide bonds. The molecule has 2 aromatic heterocycles. The molecule has 5 rings (SSSR count). The fourth-order valence-electron chi connectivity index (χ4n) is 4.81. The molecule has 160 valence electrons. The van der Waals surface area contributed by atoms with Crippen molar-refractivity contribution in [1.29, 1.82) is 0 Å². The number of amides is 1. The topological polar surface area (TPSA) is 70.4 Å². The average molecular weight is 418 g/mol. The summed E-state index contributed by atoms with van der Waals surface area (Å²) in [5.41, 5.74) is 1.58. The van der Waals surface area contributed by atoms with Gasteiger partial charge in [0.15, 0.2) is 0 Å². The minimum Gasteiger partial charge on any atom is -0.341 e. The molecule has 3 aromatic rings. The SMILES string of the molecule is Cn1cc(N2CCN(Cc3ccccc3)C3(CCN(c4ncccn4)CC3)C2=O)cn1. The molecule has 0 saturated carbocycles. The lowest BCUT2D eigenvalue weighted by atomic mass is 9.82. The number of hydrogen-bond acceptors (Lipinski definition) is 6. The third-order valence-electron chi connectivity index (χ3n) is 6.49. The first-order valence-corrected chi connectivity index (χ1v) is 10.8. The van der Waals surface area contributed by atoms with E-state index in [1.807, 2.05) is 30.3 Å². The number of rotatable bonds is 4. The molecule has 2 aliphatic heterocycles. The molecule has 0 atom stereocenters. The van der Waals surface area contributed by atoms with Crippen molar-refractivity contribution < 1.29 is 4.79 Å². The van der Waals surface area contributed by atoms with Gasteiger partial charge in [0.2, 0.25) is 11.9 Å². The standard InChI is InChI=1S/C23H27N7O/c1-27-18-20(16-26-27)30-15-14-29(17-19-6-3-2-4-7-19)23(21(30)31)8-12-28(13-9-23)22-24-10-5-11-25-22/h2-7,10-11,16,18H,8-9,12-15,17H2,1H3. The normalized spacial score (nSPS) is 19.2. The predicted molar refractivity (Wildman–Crippen MR) is 119 cm³/mol. The maximum Gasteiger partial charge on any atom is 0.247 e. The molecular weight excluding hydrogens is 390 g/mol. The highest BCUT2D eigenvalue weighted by Gasteiger charge is 2.51. The second kappa shape index (κ2) is 8.11. The van der Waals surface area contributed by atoms with Gasteiger partial charge >= 0.3 is 0 Å². The molecular formula is C23H27N7O. The first-order chi connectivity index (χ1) is 15.2. The third-order valence-corrected chi connectivity index (χ3v) is 6.49. The zero-order valence-corrected chi connectivity index (χ0v) is 17.8. The molecule has 4 heterocycles. The van der Waals surface area contributed by atoms with E-state index in [1.54, 1.807) is 23.3 Å². The number of carbonyl (C=O) groups excluding carboxylic acids is 1. The molecule has 0 bridgehead atoms. The molecule has 0 aliphatic carbocycles. The van der Waals surface area contributed by atoms with Crippen molar-refractivity contribution in [2.75, 3.05) is 36.0 Å². The van der Waals surface area contributed by atoms with E-state index in [0.717, 1.165) is 50.7 Å². The summed E-state index contributed by atoms with van der Waals surface area (Å²) in [6.07, 6.45) is 8.73. The van der Waals surface area contributed by atoms with Crippen LogP contribution in [0.1, 0.15) is 18.4 Å². The Morgan fingerprint density at radius 3 is 2.39 bits per heavy atom. The first-order valence-electron chi connectivity index (χ1n) is 10.8. The number of piperidine rings is 1. The molecule has 2 fully saturated rings. The zero-order valence-electron chi connectivity index (χ0n) is 17.8. The highest BCUT2D eigenvalue weighted by molar-refractivity contribution is 6.01. The minimum absolute atomic E-state index is 0.177. The predicted octanol–water partition coefficient (Wildman–Crippen LogP) is 2.10. The van der Waals surface area contributed by atoms with Crippen LogP contribution in [0.3, 0.4) is 0 Å². The number of piperazine rings is 1. The van der Waals surface area contributed by atoms with Gasteiger partial charge in [-0.15, -0.1) is 0 Å². The largest absolute Gasteiger partial charge is 0.341 e. The van der Waals surface area contributed by atoms with Crippen LogP contribution in [0.25, 0.3) is 0 Å². The summed E-state index contributed by atoms with van der Waals surface area (Å²) in [6.45, 7) is 3.78. The van der Waals surface area contributed by atoms with Gasteiger partial charge in [0.05, 0.1) is 11.9 Å². The Morgan fingerprint density at radius 1 is 0.968 bits per heavy atom. The maximum atomic E-state index is 14.0. The van der Waals surface area contributed by atoms with Crippen LogP contribution in [0, 0.1) is 0 Å². The molecule has 1 spiro atoms. The molecule has 8 heteroatoms. The fourth-order valence-corrected chi connectivity index (χ4v) is 4.81. The molecule has 0 N–H and O–H groups in total. The van der Waals surface area contributed by atoms with Gasteiger partial charge in [-0.3, -0.25) is 14.4 Å². The highest BCUT2D eigenvalue weighted by atomic mass is 16.2. The van der Waals surface area contributed by atoms with E-state index in [2.05, 4.69) is 49.1 Å². The Balaban J connectivity index is 1.43. The number of nitrogens with zero attached hydrogens (tertiary/aromatic N) is 7. The lowest BCUT2D eigenvalue weighted by molar-refractivity contribution is -0.136. The zero-order chi connectivity index (χ0) is 21.3. The van der Waals surface area contributed by atoms with E-state index >= 15 is 0 Å². The van der Waals surface area contributed by atoms with E-state index in [9.17, 15) is 4.79 Å². The van der Waals surface area contributed by atoms with Crippen LogP contribution in [-0.2, 0) is 18.4 Å². The Morgan fingerprint density at radius 2 is 1.71 bits per heavy atom. The van der Waals surface area contributed by atoms with Gasteiger partial charge in [-0.25, -0.2) is 9.97 Å². The molecule has 8 nitrogen and oxygen atoms in total. The summed E-state index contributed by atoms with van der Waals surface area (Å²) in [7, 11) is 1.88. The summed E-state index contributed by atoms with van der Waals surface area (Å²) in [4.78, 5) is 29.2. The monoisotopic (exact) mass is 417 g/mol. The van der Waals surface area contributed by atoms with Crippen molar-refractivity contribution in [1.82, 2.24) is 24.6 Å². The van der Waals surface area contributed by atoms with Crippen molar-refractivity contribution >= 4 is 17.5 Å². The second-order valence-corrected chi connectivity index (χ2v) is 8.30. The molecule has 2 saturated heterocycles. The first kappa shape index (κ1) is 19.7. The van der Waals surface area contributed by atoms with E-state index in [-0.39, 0.29) is 5.91 Å². The summed E-state index contributed by atoms with van der Waals surface area (Å²) in [5, 5.41) is 4.28. The average Bonchev–Trinajstić information content (AvgIpc) is 3.25. The van der Waals surface area contributed by atoms with Gasteiger partial charge in [-0.1, -0.05) is 30.3 Å². The number of anilines is 2. The van der Waals surface area contributed by atoms with E-state index in [1.165, 1.54) is 5.56 Å². The van der Waals surface area contributed by atoms with Gasteiger partial charge < -0.3 is 9.80 Å². The van der Waals surface area contributed by atoms with Crippen LogP contribution in [0.5, 0.6) is 0 Å². The van der Waals surface area contributed by atoms with Crippen LogP contribution in [0.4, 0.5) is 11.6 Å². The van der Waals surface area contributed by atoms with Crippen molar-refractivity contribution in [2.24, 2.45) is 7.05 Å². The van der Waals surface area contributed by atoms with Crippen LogP contribution in [-0.4, -0.2) is 62.3 Å². The van der Waals surface area contributed by atoms with Crippen molar-refractivity contribution in [3.05, 3.63) is 66.7 Å². The van der Waals surface area contributed by atoms with Crippen LogP contribution < -0.4 is 9.80 Å². The summed E-state index contributed by atoms with van der Waals surface area (Å²) < 4.78 is 1.75. The van der Waals surface area contributed by atoms with Crippen LogP contribution >= 0.6 is 0 Å². The smallest absolute Gasteiger partial charge is 0.247 e. The fraction of sp³-hybridized carbons (Fsp3) is 0.391. The third kappa shape index (κ3) is 3.67. The Kier molecular flexibility index (Phi) is 5.15. The Labute approximate surface area is 182 Å². The molecule has 1 aromatic carbocycles. The number of hydrogen-bond donors (Lipinski definition) is 0. The number of benzene rings is 1. The quantitative estimate of drug-likeness (QED) is 0.648. The number of aryl methyl sites for hydroxylation is 1. The van der Waals surface area contributed by atoms with Gasteiger partial charge in [0, 0.05) is 58.4 Å². The van der Waals surface area contributed by atoms with Gasteiger partial charge in [0.25, 0.3) is 0 Å². The van der Waals surface area contributed by atoms with Crippen LogP contribution in [0.15, 0.2) is 61.2 Å². The maximum absolute atomic E-state index is 14.0. The van der Waals surface area contributed by atoms with Crippen LogP contribution in [0.2, 0.25) is 0 Å². The summed E-state index contributed by atoms with van der Waals surface area (Å²) >= 11 is 0. The van der Waals surface area contributed by atoms with E-state index < -0.39 is 5.54 Å². The van der Waals surface area contributed by atoms with Crippen molar-refractivity contribution in [3.8, 4) is 0 Å². The van der Waals surface area contributed by atoms with E-state index in [4.69, 9.17) is 0 Å². The lowest BCUT2D eigenvalue weighted by Gasteiger charge is -2.52. The van der Waals surface area contributed by atoms with Gasteiger partial charge in [-0.2, -0.15) is 5.10 Å². The van der Waals surface area contributed by atoms with Crippen molar-refractivity contribution in [3.63, 3.8) is 0 Å². The number of carbonyl (C=O) groups is 1. The Hall–Kier alpha value is -3.26. The lowest BCUT2D eigenvalue weighted by Crippen LogP contribution is -2.68.